The highest BCUT2D eigenvalue weighted by molar-refractivity contribution is 5.33. The molecule has 2 heteroatoms. The minimum atomic E-state index is -1.01. The molecule has 1 saturated carbocycles. The molecule has 1 aliphatic rings. The van der Waals surface area contributed by atoms with Gasteiger partial charge in [0.1, 0.15) is 0 Å². The maximum atomic E-state index is 11.5. The van der Waals surface area contributed by atoms with Crippen molar-refractivity contribution in [1.29, 1.82) is 0 Å². The van der Waals surface area contributed by atoms with Crippen molar-refractivity contribution < 1.29 is 5.11 Å². The fourth-order valence-electron chi connectivity index (χ4n) is 3.85. The topological polar surface area (TPSA) is 23.5 Å². The van der Waals surface area contributed by atoms with E-state index in [1.54, 1.807) is 0 Å². The van der Waals surface area contributed by atoms with Gasteiger partial charge in [-0.1, -0.05) is 61.4 Å². The second-order valence-corrected chi connectivity index (χ2v) is 7.63. The van der Waals surface area contributed by atoms with Gasteiger partial charge >= 0.3 is 0 Å². The SMILES string of the molecule is CC(C)N(CC#CC(O)(c1ccccc1)C1CCCCC1)C(C)C. The molecule has 1 aromatic carbocycles. The summed E-state index contributed by atoms with van der Waals surface area (Å²) in [6, 6.07) is 11.0. The molecule has 0 aromatic heterocycles. The van der Waals surface area contributed by atoms with Crippen molar-refractivity contribution in [3.63, 3.8) is 0 Å². The largest absolute Gasteiger partial charge is 0.373 e. The smallest absolute Gasteiger partial charge is 0.153 e. The summed E-state index contributed by atoms with van der Waals surface area (Å²) < 4.78 is 0. The lowest BCUT2D eigenvalue weighted by molar-refractivity contribution is 0.0158. The number of nitrogens with zero attached hydrogens (tertiary/aromatic N) is 1. The van der Waals surface area contributed by atoms with E-state index in [0.717, 1.165) is 18.4 Å². The van der Waals surface area contributed by atoms with Crippen LogP contribution in [0.3, 0.4) is 0 Å². The Kier molecular flexibility index (Phi) is 6.90. The first-order chi connectivity index (χ1) is 11.4. The highest BCUT2D eigenvalue weighted by Crippen LogP contribution is 2.39. The molecule has 1 fully saturated rings. The fraction of sp³-hybridized carbons (Fsp3) is 0.636. The van der Waals surface area contributed by atoms with E-state index in [9.17, 15) is 5.11 Å². The molecule has 0 heterocycles. The van der Waals surface area contributed by atoms with Crippen LogP contribution in [-0.2, 0) is 5.60 Å². The number of aliphatic hydroxyl groups is 1. The van der Waals surface area contributed by atoms with Crippen molar-refractivity contribution in [2.75, 3.05) is 6.54 Å². The standard InChI is InChI=1S/C22H33NO/c1-18(2)23(19(3)4)17-11-16-22(24,20-12-7-5-8-13-20)21-14-9-6-10-15-21/h5,7-8,12-13,18-19,21,24H,6,9-10,14-15,17H2,1-4H3. The summed E-state index contributed by atoms with van der Waals surface area (Å²) in [5.74, 6) is 6.84. The Morgan fingerprint density at radius 1 is 1.04 bits per heavy atom. The molecule has 132 valence electrons. The van der Waals surface area contributed by atoms with Gasteiger partial charge in [-0.25, -0.2) is 0 Å². The Morgan fingerprint density at radius 3 is 2.17 bits per heavy atom. The van der Waals surface area contributed by atoms with Gasteiger partial charge in [0.2, 0.25) is 0 Å². The van der Waals surface area contributed by atoms with Crippen LogP contribution < -0.4 is 0 Å². The highest BCUT2D eigenvalue weighted by atomic mass is 16.3. The van der Waals surface area contributed by atoms with Gasteiger partial charge in [-0.05, 0) is 46.1 Å². The monoisotopic (exact) mass is 327 g/mol. The Bertz CT molecular complexity index is 540. The normalized spacial score (nSPS) is 18.5. The Balaban J connectivity index is 2.26. The minimum absolute atomic E-state index is 0.243. The highest BCUT2D eigenvalue weighted by Gasteiger charge is 2.37. The van der Waals surface area contributed by atoms with Crippen molar-refractivity contribution in [3.05, 3.63) is 35.9 Å². The van der Waals surface area contributed by atoms with Crippen LogP contribution in [0.5, 0.6) is 0 Å². The average Bonchev–Trinajstić information content (AvgIpc) is 2.59. The predicted molar refractivity (Wildman–Crippen MR) is 102 cm³/mol. The van der Waals surface area contributed by atoms with Crippen molar-refractivity contribution >= 4 is 0 Å². The van der Waals surface area contributed by atoms with E-state index in [1.165, 1.54) is 19.3 Å². The van der Waals surface area contributed by atoms with E-state index in [-0.39, 0.29) is 5.92 Å². The summed E-state index contributed by atoms with van der Waals surface area (Å²) in [7, 11) is 0. The lowest BCUT2D eigenvalue weighted by Gasteiger charge is -2.35. The van der Waals surface area contributed by atoms with Crippen LogP contribution in [0.25, 0.3) is 0 Å². The van der Waals surface area contributed by atoms with Gasteiger partial charge in [0.15, 0.2) is 5.60 Å². The van der Waals surface area contributed by atoms with Crippen molar-refractivity contribution in [3.8, 4) is 11.8 Å². The minimum Gasteiger partial charge on any atom is -0.373 e. The van der Waals surface area contributed by atoms with Crippen LogP contribution in [-0.4, -0.2) is 28.6 Å². The van der Waals surface area contributed by atoms with E-state index < -0.39 is 5.60 Å². The van der Waals surface area contributed by atoms with Crippen LogP contribution in [0.15, 0.2) is 30.3 Å². The molecule has 1 unspecified atom stereocenters. The van der Waals surface area contributed by atoms with Crippen LogP contribution in [0.4, 0.5) is 0 Å². The quantitative estimate of drug-likeness (QED) is 0.800. The molecule has 0 bridgehead atoms. The molecule has 1 atom stereocenters. The predicted octanol–water partition coefficient (Wildman–Crippen LogP) is 4.58. The molecule has 1 N–H and O–H groups in total. The van der Waals surface area contributed by atoms with Gasteiger partial charge in [0.25, 0.3) is 0 Å². The summed E-state index contributed by atoms with van der Waals surface area (Å²) in [4.78, 5) is 2.36. The van der Waals surface area contributed by atoms with E-state index in [4.69, 9.17) is 0 Å². The molecule has 24 heavy (non-hydrogen) atoms. The Hall–Kier alpha value is -1.30. The first kappa shape index (κ1) is 19.0. The van der Waals surface area contributed by atoms with Gasteiger partial charge in [0, 0.05) is 18.0 Å². The molecule has 0 spiro atoms. The van der Waals surface area contributed by atoms with Gasteiger partial charge < -0.3 is 5.11 Å². The second kappa shape index (κ2) is 8.70. The van der Waals surface area contributed by atoms with Crippen molar-refractivity contribution in [2.24, 2.45) is 5.92 Å². The van der Waals surface area contributed by atoms with E-state index in [0.29, 0.717) is 18.6 Å². The summed E-state index contributed by atoms with van der Waals surface area (Å²) in [6.45, 7) is 9.51. The maximum absolute atomic E-state index is 11.5. The van der Waals surface area contributed by atoms with Crippen molar-refractivity contribution in [1.82, 2.24) is 4.90 Å². The Morgan fingerprint density at radius 2 is 1.62 bits per heavy atom. The number of benzene rings is 1. The molecule has 0 amide bonds. The summed E-state index contributed by atoms with van der Waals surface area (Å²) in [6.07, 6.45) is 5.82. The zero-order valence-corrected chi connectivity index (χ0v) is 15.8. The molecule has 1 aromatic rings. The van der Waals surface area contributed by atoms with Crippen LogP contribution in [0.1, 0.15) is 65.4 Å². The first-order valence-electron chi connectivity index (χ1n) is 9.49. The lowest BCUT2D eigenvalue weighted by atomic mass is 9.73. The van der Waals surface area contributed by atoms with Crippen LogP contribution in [0, 0.1) is 17.8 Å². The van der Waals surface area contributed by atoms with E-state index in [1.807, 2.05) is 30.3 Å². The number of hydrogen-bond donors (Lipinski definition) is 1. The summed E-state index contributed by atoms with van der Waals surface area (Å²) in [5.41, 5.74) is -0.0635. The maximum Gasteiger partial charge on any atom is 0.153 e. The molecular formula is C22H33NO. The molecule has 0 radical (unpaired) electrons. The van der Waals surface area contributed by atoms with Gasteiger partial charge in [-0.3, -0.25) is 4.90 Å². The molecular weight excluding hydrogens is 294 g/mol. The van der Waals surface area contributed by atoms with Crippen molar-refractivity contribution in [2.45, 2.75) is 77.5 Å². The molecule has 1 aliphatic carbocycles. The summed E-state index contributed by atoms with van der Waals surface area (Å²) in [5, 5.41) is 11.5. The summed E-state index contributed by atoms with van der Waals surface area (Å²) >= 11 is 0. The third kappa shape index (κ3) is 4.62. The zero-order chi connectivity index (χ0) is 17.6. The average molecular weight is 328 g/mol. The molecule has 2 rings (SSSR count). The van der Waals surface area contributed by atoms with Gasteiger partial charge in [-0.15, -0.1) is 0 Å². The second-order valence-electron chi connectivity index (χ2n) is 7.63. The van der Waals surface area contributed by atoms with Gasteiger partial charge in [0.05, 0.1) is 6.54 Å². The lowest BCUT2D eigenvalue weighted by Crippen LogP contribution is -2.38. The fourth-order valence-corrected chi connectivity index (χ4v) is 3.85. The molecule has 0 saturated heterocycles. The van der Waals surface area contributed by atoms with Crippen LogP contribution >= 0.6 is 0 Å². The third-order valence-electron chi connectivity index (χ3n) is 5.28. The third-order valence-corrected chi connectivity index (χ3v) is 5.28. The zero-order valence-electron chi connectivity index (χ0n) is 15.8. The van der Waals surface area contributed by atoms with Gasteiger partial charge in [-0.2, -0.15) is 0 Å². The number of hydrogen-bond acceptors (Lipinski definition) is 2. The van der Waals surface area contributed by atoms with E-state index >= 15 is 0 Å². The van der Waals surface area contributed by atoms with Crippen LogP contribution in [0.2, 0.25) is 0 Å². The first-order valence-corrected chi connectivity index (χ1v) is 9.49. The molecule has 2 nitrogen and oxygen atoms in total. The Labute approximate surface area is 148 Å². The number of rotatable bonds is 5. The molecule has 0 aliphatic heterocycles. The van der Waals surface area contributed by atoms with E-state index in [2.05, 4.69) is 44.4 Å².